The molecule has 0 aromatic heterocycles. The van der Waals surface area contributed by atoms with Crippen LogP contribution in [0.3, 0.4) is 0 Å². The first-order valence-electron chi connectivity index (χ1n) is 7.12. The van der Waals surface area contributed by atoms with Gasteiger partial charge in [-0.05, 0) is 56.4 Å². The maximum absolute atomic E-state index is 12.8. The lowest BCUT2D eigenvalue weighted by molar-refractivity contribution is 0.243. The van der Waals surface area contributed by atoms with Gasteiger partial charge >= 0.3 is 0 Å². The van der Waals surface area contributed by atoms with Crippen LogP contribution in [0.15, 0.2) is 23.1 Å². The summed E-state index contributed by atoms with van der Waals surface area (Å²) in [6.45, 7) is 4.65. The van der Waals surface area contributed by atoms with Crippen LogP contribution < -0.4 is 5.73 Å². The Bertz CT molecular complexity index is 662. The van der Waals surface area contributed by atoms with Crippen molar-refractivity contribution in [2.45, 2.75) is 37.6 Å². The quantitative estimate of drug-likeness (QED) is 0.919. The van der Waals surface area contributed by atoms with E-state index in [1.54, 1.807) is 19.1 Å². The second-order valence-corrected chi connectivity index (χ2v) is 7.62. The topological polar surface area (TPSA) is 87.2 Å². The number of nitrogens with two attached hydrogens (primary N) is 1. The second kappa shape index (κ2) is 6.14. The molecule has 1 aromatic rings. The minimum atomic E-state index is -3.52. The van der Waals surface area contributed by atoms with Crippen molar-refractivity contribution in [2.24, 2.45) is 11.7 Å². The monoisotopic (exact) mass is 307 g/mol. The first kappa shape index (κ1) is 16.0. The second-order valence-electron chi connectivity index (χ2n) is 5.72. The maximum Gasteiger partial charge on any atom is 0.243 e. The van der Waals surface area contributed by atoms with Crippen LogP contribution in [-0.4, -0.2) is 31.9 Å². The van der Waals surface area contributed by atoms with Gasteiger partial charge in [-0.3, -0.25) is 0 Å². The predicted octanol–water partition coefficient (Wildman–Crippen LogP) is 1.61. The largest absolute Gasteiger partial charge is 0.328 e. The molecule has 1 fully saturated rings. The smallest absolute Gasteiger partial charge is 0.243 e. The number of sulfonamides is 1. The van der Waals surface area contributed by atoms with Gasteiger partial charge in [0.2, 0.25) is 10.0 Å². The van der Waals surface area contributed by atoms with Crippen molar-refractivity contribution in [1.29, 1.82) is 5.26 Å². The number of benzene rings is 1. The van der Waals surface area contributed by atoms with Crippen molar-refractivity contribution < 1.29 is 8.42 Å². The van der Waals surface area contributed by atoms with Crippen LogP contribution in [0, 0.1) is 24.2 Å². The Morgan fingerprint density at radius 1 is 1.48 bits per heavy atom. The van der Waals surface area contributed by atoms with Crippen LogP contribution in [0.5, 0.6) is 0 Å². The molecule has 1 aliphatic heterocycles. The normalized spacial score (nSPS) is 21.7. The maximum atomic E-state index is 12.8. The molecule has 0 aliphatic carbocycles. The van der Waals surface area contributed by atoms with Crippen molar-refractivity contribution in [3.63, 3.8) is 0 Å². The highest BCUT2D eigenvalue weighted by molar-refractivity contribution is 7.89. The minimum absolute atomic E-state index is 0.00920. The lowest BCUT2D eigenvalue weighted by Gasteiger charge is -2.34. The van der Waals surface area contributed by atoms with Gasteiger partial charge in [0.25, 0.3) is 0 Å². The van der Waals surface area contributed by atoms with Gasteiger partial charge < -0.3 is 5.73 Å². The third kappa shape index (κ3) is 3.26. The van der Waals surface area contributed by atoms with E-state index in [9.17, 15) is 8.42 Å². The molecule has 6 heteroatoms. The summed E-state index contributed by atoms with van der Waals surface area (Å²) in [6.07, 6.45) is 1.80. The first-order valence-corrected chi connectivity index (χ1v) is 8.56. The lowest BCUT2D eigenvalue weighted by atomic mass is 9.93. The number of piperidine rings is 1. The van der Waals surface area contributed by atoms with Crippen molar-refractivity contribution in [3.05, 3.63) is 29.3 Å². The van der Waals surface area contributed by atoms with E-state index in [1.165, 1.54) is 10.4 Å². The molecule has 0 radical (unpaired) electrons. The van der Waals surface area contributed by atoms with Crippen molar-refractivity contribution >= 4 is 10.0 Å². The number of rotatable bonds is 3. The van der Waals surface area contributed by atoms with E-state index in [1.807, 2.05) is 13.0 Å². The van der Waals surface area contributed by atoms with Gasteiger partial charge in [0, 0.05) is 19.1 Å². The Labute approximate surface area is 126 Å². The first-order chi connectivity index (χ1) is 9.86. The molecule has 1 aliphatic rings. The highest BCUT2D eigenvalue weighted by atomic mass is 32.2. The van der Waals surface area contributed by atoms with Crippen LogP contribution in [0.4, 0.5) is 0 Å². The minimum Gasteiger partial charge on any atom is -0.328 e. The summed E-state index contributed by atoms with van der Waals surface area (Å²) < 4.78 is 27.1. The average Bonchev–Trinajstić information content (AvgIpc) is 2.46. The fourth-order valence-electron chi connectivity index (χ4n) is 2.77. The highest BCUT2D eigenvalue weighted by Crippen LogP contribution is 2.27. The molecule has 0 amide bonds. The van der Waals surface area contributed by atoms with E-state index in [-0.39, 0.29) is 16.9 Å². The van der Waals surface area contributed by atoms with Crippen LogP contribution >= 0.6 is 0 Å². The predicted molar refractivity (Wildman–Crippen MR) is 81.0 cm³/mol. The summed E-state index contributed by atoms with van der Waals surface area (Å²) in [5.74, 6) is 0.201. The number of nitrogens with zero attached hydrogens (tertiary/aromatic N) is 2. The summed E-state index contributed by atoms with van der Waals surface area (Å²) in [5, 5.41) is 8.88. The van der Waals surface area contributed by atoms with Gasteiger partial charge in [-0.2, -0.15) is 9.57 Å². The van der Waals surface area contributed by atoms with Crippen LogP contribution in [0.2, 0.25) is 0 Å². The molecule has 2 atom stereocenters. The fraction of sp³-hybridized carbons (Fsp3) is 0.533. The van der Waals surface area contributed by atoms with Crippen molar-refractivity contribution in [3.8, 4) is 6.07 Å². The summed E-state index contributed by atoms with van der Waals surface area (Å²) in [6, 6.07) is 6.70. The molecular weight excluding hydrogens is 286 g/mol. The standard InChI is InChI=1S/C15H21N3O2S/c1-11-8-13(9-16)5-6-15(11)21(19,20)18-7-3-4-14(10-18)12(2)17/h5-6,8,12,14H,3-4,7,10,17H2,1-2H3/t12-,14+/m1/s1. The molecule has 1 heterocycles. The third-order valence-electron chi connectivity index (χ3n) is 4.09. The van der Waals surface area contributed by atoms with Gasteiger partial charge in [0.1, 0.15) is 0 Å². The van der Waals surface area contributed by atoms with Gasteiger partial charge in [0.05, 0.1) is 16.5 Å². The zero-order chi connectivity index (χ0) is 15.6. The fourth-order valence-corrected chi connectivity index (χ4v) is 4.51. The Kier molecular flexibility index (Phi) is 4.67. The van der Waals surface area contributed by atoms with Crippen LogP contribution in [0.25, 0.3) is 0 Å². The molecule has 0 bridgehead atoms. The summed E-state index contributed by atoms with van der Waals surface area (Å²) in [4.78, 5) is 0.284. The van der Waals surface area contributed by atoms with Gasteiger partial charge in [-0.25, -0.2) is 8.42 Å². The van der Waals surface area contributed by atoms with Crippen LogP contribution in [0.1, 0.15) is 30.9 Å². The molecule has 1 saturated heterocycles. The molecule has 1 aromatic carbocycles. The Morgan fingerprint density at radius 2 is 2.19 bits per heavy atom. The summed E-state index contributed by atoms with van der Waals surface area (Å²) in [7, 11) is -3.52. The van der Waals surface area contributed by atoms with Crippen molar-refractivity contribution in [2.75, 3.05) is 13.1 Å². The Morgan fingerprint density at radius 3 is 2.76 bits per heavy atom. The van der Waals surface area contributed by atoms with Gasteiger partial charge in [-0.15, -0.1) is 0 Å². The molecular formula is C15H21N3O2S. The van der Waals surface area contributed by atoms with E-state index < -0.39 is 10.0 Å². The third-order valence-corrected chi connectivity index (χ3v) is 6.11. The number of hydrogen-bond donors (Lipinski definition) is 1. The number of nitriles is 1. The van der Waals surface area contributed by atoms with E-state index in [0.29, 0.717) is 24.2 Å². The molecule has 0 saturated carbocycles. The molecule has 21 heavy (non-hydrogen) atoms. The van der Waals surface area contributed by atoms with E-state index in [2.05, 4.69) is 0 Å². The van der Waals surface area contributed by atoms with Crippen LogP contribution in [-0.2, 0) is 10.0 Å². The van der Waals surface area contributed by atoms with Crippen molar-refractivity contribution in [1.82, 2.24) is 4.31 Å². The zero-order valence-corrected chi connectivity index (χ0v) is 13.2. The van der Waals surface area contributed by atoms with E-state index in [0.717, 1.165) is 12.8 Å². The molecule has 2 rings (SSSR count). The van der Waals surface area contributed by atoms with Gasteiger partial charge in [-0.1, -0.05) is 0 Å². The summed E-state index contributed by atoms with van der Waals surface area (Å²) >= 11 is 0. The highest BCUT2D eigenvalue weighted by Gasteiger charge is 2.32. The van der Waals surface area contributed by atoms with Gasteiger partial charge in [0.15, 0.2) is 0 Å². The lowest BCUT2D eigenvalue weighted by Crippen LogP contribution is -2.45. The molecule has 0 spiro atoms. The zero-order valence-electron chi connectivity index (χ0n) is 12.4. The van der Waals surface area contributed by atoms with E-state index >= 15 is 0 Å². The molecule has 2 N–H and O–H groups in total. The Hall–Kier alpha value is -1.42. The average molecular weight is 307 g/mol. The SMILES string of the molecule is Cc1cc(C#N)ccc1S(=O)(=O)N1CCC[C@H]([C@@H](C)N)C1. The molecule has 114 valence electrons. The molecule has 0 unspecified atom stereocenters. The Balaban J connectivity index is 2.32. The summed E-state index contributed by atoms with van der Waals surface area (Å²) in [5.41, 5.74) is 7.00. The molecule has 5 nitrogen and oxygen atoms in total. The van der Waals surface area contributed by atoms with E-state index in [4.69, 9.17) is 11.0 Å². The number of aryl methyl sites for hydroxylation is 1. The number of hydrogen-bond acceptors (Lipinski definition) is 4.